The maximum Gasteiger partial charge on any atom is 0.272 e. The Morgan fingerprint density at radius 3 is 1.85 bits per heavy atom. The summed E-state index contributed by atoms with van der Waals surface area (Å²) in [6.45, 7) is 0. The minimum Gasteiger partial charge on any atom is -0.495 e. The number of thioether (sulfide) groups is 1. The number of carbonyl (C=O) groups excluding carboxylic acids is 3. The lowest BCUT2D eigenvalue weighted by Gasteiger charge is -2.18. The third kappa shape index (κ3) is 9.45. The van der Waals surface area contributed by atoms with Gasteiger partial charge in [0.05, 0.1) is 33.5 Å². The molecule has 0 aromatic heterocycles. The Balaban J connectivity index is 1.37. The average molecular weight is 738 g/mol. The van der Waals surface area contributed by atoms with Crippen molar-refractivity contribution in [1.29, 1.82) is 0 Å². The standard InChI is InChI=1S/C40H36ClN3O7S/c1-48-33-20-17-29(24-31(33)41)43-40(47)37(26-11-7-5-8-12-26)52-30-18-15-28(16-19-30)42-39(46)32(44-38(45)27-13-9-6-10-14-27)21-25-22-34(49-2)36(51-4)35(23-25)50-3/h5-24,37H,1-4H3,(H,42,46)(H,43,47)(H,44,45)/b32-21-. The van der Waals surface area contributed by atoms with Gasteiger partial charge in [-0.15, -0.1) is 11.8 Å². The number of halogens is 1. The first-order valence-electron chi connectivity index (χ1n) is 15.9. The lowest BCUT2D eigenvalue weighted by molar-refractivity contribution is -0.116. The van der Waals surface area contributed by atoms with Crippen LogP contribution < -0.4 is 34.9 Å². The van der Waals surface area contributed by atoms with Gasteiger partial charge in [-0.05, 0) is 83.9 Å². The summed E-state index contributed by atoms with van der Waals surface area (Å²) in [5.41, 5.74) is 2.66. The van der Waals surface area contributed by atoms with E-state index in [4.69, 9.17) is 30.5 Å². The van der Waals surface area contributed by atoms with Gasteiger partial charge in [-0.3, -0.25) is 14.4 Å². The summed E-state index contributed by atoms with van der Waals surface area (Å²) in [5, 5.41) is 8.32. The van der Waals surface area contributed by atoms with E-state index < -0.39 is 17.1 Å². The third-order valence-electron chi connectivity index (χ3n) is 7.65. The summed E-state index contributed by atoms with van der Waals surface area (Å²) in [7, 11) is 6.00. The molecule has 0 aliphatic heterocycles. The number of nitrogens with one attached hydrogen (secondary N) is 3. The first-order chi connectivity index (χ1) is 25.2. The van der Waals surface area contributed by atoms with E-state index >= 15 is 0 Å². The molecular formula is C40H36ClN3O7S. The zero-order valence-electron chi connectivity index (χ0n) is 28.8. The second-order valence-electron chi connectivity index (χ2n) is 11.1. The van der Waals surface area contributed by atoms with Gasteiger partial charge in [-0.2, -0.15) is 0 Å². The Labute approximate surface area is 311 Å². The number of methoxy groups -OCH3 is 4. The van der Waals surface area contributed by atoms with Crippen molar-refractivity contribution in [1.82, 2.24) is 5.32 Å². The Morgan fingerprint density at radius 2 is 1.27 bits per heavy atom. The fourth-order valence-corrected chi connectivity index (χ4v) is 6.38. The van der Waals surface area contributed by atoms with Crippen LogP contribution in [0, 0.1) is 0 Å². The van der Waals surface area contributed by atoms with Gasteiger partial charge in [-0.25, -0.2) is 0 Å². The number of hydrogen-bond donors (Lipinski definition) is 3. The second-order valence-corrected chi connectivity index (χ2v) is 12.6. The Kier molecular flexibility index (Phi) is 12.8. The van der Waals surface area contributed by atoms with Crippen LogP contribution in [0.4, 0.5) is 11.4 Å². The van der Waals surface area contributed by atoms with Crippen molar-refractivity contribution in [2.24, 2.45) is 0 Å². The van der Waals surface area contributed by atoms with E-state index in [-0.39, 0.29) is 11.6 Å². The van der Waals surface area contributed by atoms with Crippen LogP contribution in [0.3, 0.4) is 0 Å². The number of amides is 3. The molecule has 5 rings (SSSR count). The van der Waals surface area contributed by atoms with Crippen LogP contribution in [0.1, 0.15) is 26.7 Å². The van der Waals surface area contributed by atoms with E-state index in [0.717, 1.165) is 10.5 Å². The highest BCUT2D eigenvalue weighted by Gasteiger charge is 2.23. The van der Waals surface area contributed by atoms with E-state index in [9.17, 15) is 14.4 Å². The topological polar surface area (TPSA) is 124 Å². The lowest BCUT2D eigenvalue weighted by atomic mass is 10.1. The van der Waals surface area contributed by atoms with Gasteiger partial charge < -0.3 is 34.9 Å². The predicted molar refractivity (Wildman–Crippen MR) is 205 cm³/mol. The number of benzene rings is 5. The number of ether oxygens (including phenoxy) is 4. The Bertz CT molecular complexity index is 2030. The van der Waals surface area contributed by atoms with Gasteiger partial charge >= 0.3 is 0 Å². The average Bonchev–Trinajstić information content (AvgIpc) is 3.17. The molecule has 5 aromatic carbocycles. The van der Waals surface area contributed by atoms with Crippen molar-refractivity contribution in [3.05, 3.63) is 143 Å². The Hall–Kier alpha value is -5.91. The second kappa shape index (κ2) is 17.8. The number of hydrogen-bond acceptors (Lipinski definition) is 8. The third-order valence-corrected chi connectivity index (χ3v) is 9.21. The lowest BCUT2D eigenvalue weighted by Crippen LogP contribution is -2.30. The zero-order valence-corrected chi connectivity index (χ0v) is 30.3. The van der Waals surface area contributed by atoms with Crippen molar-refractivity contribution in [2.75, 3.05) is 39.1 Å². The van der Waals surface area contributed by atoms with Gasteiger partial charge in [0.1, 0.15) is 16.7 Å². The molecule has 3 N–H and O–H groups in total. The minimum atomic E-state index is -0.608. The summed E-state index contributed by atoms with van der Waals surface area (Å²) < 4.78 is 21.6. The molecule has 0 spiro atoms. The summed E-state index contributed by atoms with van der Waals surface area (Å²) >= 11 is 7.64. The molecule has 12 heteroatoms. The van der Waals surface area contributed by atoms with E-state index in [0.29, 0.717) is 50.5 Å². The summed E-state index contributed by atoms with van der Waals surface area (Å²) in [6.07, 6.45) is 1.52. The first-order valence-corrected chi connectivity index (χ1v) is 17.1. The molecule has 5 aromatic rings. The van der Waals surface area contributed by atoms with Gasteiger partial charge in [0, 0.05) is 21.8 Å². The van der Waals surface area contributed by atoms with Crippen LogP contribution in [-0.2, 0) is 9.59 Å². The number of anilines is 2. The molecule has 266 valence electrons. The van der Waals surface area contributed by atoms with Crippen molar-refractivity contribution in [3.8, 4) is 23.0 Å². The number of rotatable bonds is 14. The van der Waals surface area contributed by atoms with Crippen LogP contribution in [0.2, 0.25) is 5.02 Å². The molecule has 1 atom stereocenters. The number of carbonyl (C=O) groups is 3. The van der Waals surface area contributed by atoms with Gasteiger partial charge in [0.25, 0.3) is 11.8 Å². The molecular weight excluding hydrogens is 702 g/mol. The monoisotopic (exact) mass is 737 g/mol. The molecule has 0 radical (unpaired) electrons. The van der Waals surface area contributed by atoms with Gasteiger partial charge in [0.2, 0.25) is 11.7 Å². The van der Waals surface area contributed by atoms with Crippen molar-refractivity contribution >= 4 is 58.5 Å². The van der Waals surface area contributed by atoms with Crippen LogP contribution in [-0.4, -0.2) is 46.2 Å². The maximum absolute atomic E-state index is 13.7. The molecule has 10 nitrogen and oxygen atoms in total. The molecule has 0 aliphatic rings. The van der Waals surface area contributed by atoms with Crippen molar-refractivity contribution in [3.63, 3.8) is 0 Å². The Morgan fingerprint density at radius 1 is 0.673 bits per heavy atom. The largest absolute Gasteiger partial charge is 0.495 e. The van der Waals surface area contributed by atoms with Crippen LogP contribution >= 0.6 is 23.4 Å². The molecule has 0 aliphatic carbocycles. The van der Waals surface area contributed by atoms with Crippen LogP contribution in [0.25, 0.3) is 6.08 Å². The highest BCUT2D eigenvalue weighted by molar-refractivity contribution is 8.00. The smallest absolute Gasteiger partial charge is 0.272 e. The molecule has 0 fully saturated rings. The predicted octanol–water partition coefficient (Wildman–Crippen LogP) is 8.26. The van der Waals surface area contributed by atoms with E-state index in [2.05, 4.69) is 16.0 Å². The fraction of sp³-hybridized carbons (Fsp3) is 0.125. The molecule has 0 saturated carbocycles. The normalized spacial score (nSPS) is 11.5. The van der Waals surface area contributed by atoms with Crippen molar-refractivity contribution in [2.45, 2.75) is 10.1 Å². The fourth-order valence-electron chi connectivity index (χ4n) is 5.10. The van der Waals surface area contributed by atoms with Crippen molar-refractivity contribution < 1.29 is 33.3 Å². The molecule has 0 saturated heterocycles. The van der Waals surface area contributed by atoms with Crippen LogP contribution in [0.15, 0.2) is 126 Å². The SMILES string of the molecule is COc1ccc(NC(=O)C(Sc2ccc(NC(=O)/C(=C/c3cc(OC)c(OC)c(OC)c3)NC(=O)c3ccccc3)cc2)c2ccccc2)cc1Cl. The maximum atomic E-state index is 13.7. The molecule has 0 bridgehead atoms. The highest BCUT2D eigenvalue weighted by Crippen LogP contribution is 2.39. The molecule has 1 unspecified atom stereocenters. The van der Waals surface area contributed by atoms with E-state index in [1.807, 2.05) is 30.3 Å². The minimum absolute atomic E-state index is 0.0268. The van der Waals surface area contributed by atoms with Gasteiger partial charge in [-0.1, -0.05) is 60.1 Å². The highest BCUT2D eigenvalue weighted by atomic mass is 35.5. The van der Waals surface area contributed by atoms with E-state index in [1.165, 1.54) is 46.3 Å². The van der Waals surface area contributed by atoms with E-state index in [1.54, 1.807) is 84.9 Å². The zero-order chi connectivity index (χ0) is 37.0. The summed E-state index contributed by atoms with van der Waals surface area (Å²) in [4.78, 5) is 41.3. The molecule has 52 heavy (non-hydrogen) atoms. The molecule has 0 heterocycles. The quantitative estimate of drug-likeness (QED) is 0.0769. The first kappa shape index (κ1) is 37.3. The van der Waals surface area contributed by atoms with Gasteiger partial charge in [0.15, 0.2) is 11.5 Å². The molecule has 3 amide bonds. The van der Waals surface area contributed by atoms with Crippen LogP contribution in [0.5, 0.6) is 23.0 Å². The summed E-state index contributed by atoms with van der Waals surface area (Å²) in [6, 6.07) is 33.4. The summed E-state index contributed by atoms with van der Waals surface area (Å²) in [5.74, 6) is 0.364.